The van der Waals surface area contributed by atoms with Crippen molar-refractivity contribution in [3.05, 3.63) is 59.1 Å². The van der Waals surface area contributed by atoms with Crippen molar-refractivity contribution in [2.24, 2.45) is 0 Å². The Labute approximate surface area is 140 Å². The summed E-state index contributed by atoms with van der Waals surface area (Å²) < 4.78 is 2.22. The van der Waals surface area contributed by atoms with Gasteiger partial charge in [-0.3, -0.25) is 4.79 Å². The van der Waals surface area contributed by atoms with E-state index >= 15 is 0 Å². The highest BCUT2D eigenvalue weighted by Gasteiger charge is 2.26. The zero-order valence-corrected chi connectivity index (χ0v) is 14.1. The molecule has 3 heterocycles. The van der Waals surface area contributed by atoms with E-state index in [0.29, 0.717) is 0 Å². The lowest BCUT2D eigenvalue weighted by atomic mass is 10.1. The summed E-state index contributed by atoms with van der Waals surface area (Å²) in [5.41, 5.74) is 2.05. The lowest BCUT2D eigenvalue weighted by Crippen LogP contribution is -2.30. The van der Waals surface area contributed by atoms with E-state index in [1.54, 1.807) is 11.3 Å². The van der Waals surface area contributed by atoms with Crippen LogP contribution in [0, 0.1) is 0 Å². The molecule has 23 heavy (non-hydrogen) atoms. The maximum atomic E-state index is 13.0. The van der Waals surface area contributed by atoms with Crippen molar-refractivity contribution in [1.82, 2.24) is 9.47 Å². The van der Waals surface area contributed by atoms with Gasteiger partial charge in [-0.25, -0.2) is 0 Å². The lowest BCUT2D eigenvalue weighted by Gasteiger charge is -2.21. The molecule has 0 aliphatic carbocycles. The highest BCUT2D eigenvalue weighted by molar-refractivity contribution is 7.16. The van der Waals surface area contributed by atoms with Gasteiger partial charge in [0.05, 0.1) is 6.04 Å². The number of aromatic nitrogens is 1. The fraction of sp³-hybridized carbons (Fsp3) is 0.316. The molecule has 1 atom stereocenters. The first-order valence-corrected chi connectivity index (χ1v) is 9.06. The molecule has 4 rings (SSSR count). The minimum atomic E-state index is 0.147. The predicted octanol–water partition coefficient (Wildman–Crippen LogP) is 4.55. The minimum absolute atomic E-state index is 0.147. The Balaban J connectivity index is 1.82. The number of likely N-dealkylation sites (tertiary alicyclic amines) is 1. The first-order chi connectivity index (χ1) is 11.3. The van der Waals surface area contributed by atoms with Crippen molar-refractivity contribution in [2.45, 2.75) is 25.8 Å². The summed E-state index contributed by atoms with van der Waals surface area (Å²) in [7, 11) is 0. The monoisotopic (exact) mass is 324 g/mol. The molecular weight excluding hydrogens is 304 g/mol. The maximum absolute atomic E-state index is 13.0. The number of rotatable bonds is 3. The highest BCUT2D eigenvalue weighted by atomic mass is 32.1. The number of carbonyl (C=O) groups excluding carboxylic acids is 1. The zero-order chi connectivity index (χ0) is 15.8. The van der Waals surface area contributed by atoms with Gasteiger partial charge in [-0.2, -0.15) is 0 Å². The Hall–Kier alpha value is -2.07. The topological polar surface area (TPSA) is 25.2 Å². The van der Waals surface area contributed by atoms with E-state index in [0.717, 1.165) is 31.6 Å². The van der Waals surface area contributed by atoms with Crippen molar-refractivity contribution in [1.29, 1.82) is 0 Å². The molecule has 118 valence electrons. The first kappa shape index (κ1) is 14.5. The number of thiophene rings is 1. The summed E-state index contributed by atoms with van der Waals surface area (Å²) in [6.07, 6.45) is 2.24. The van der Waals surface area contributed by atoms with Crippen LogP contribution in [0.5, 0.6) is 0 Å². The summed E-state index contributed by atoms with van der Waals surface area (Å²) in [6, 6.07) is 14.7. The van der Waals surface area contributed by atoms with Crippen LogP contribution in [0.1, 0.15) is 41.9 Å². The van der Waals surface area contributed by atoms with E-state index in [1.165, 1.54) is 15.8 Å². The summed E-state index contributed by atoms with van der Waals surface area (Å²) in [5.74, 6) is 0.175. The maximum Gasteiger partial charge on any atom is 0.270 e. The Morgan fingerprint density at radius 3 is 2.61 bits per heavy atom. The molecule has 1 unspecified atom stereocenters. The van der Waals surface area contributed by atoms with Gasteiger partial charge in [-0.1, -0.05) is 30.3 Å². The Morgan fingerprint density at radius 1 is 1.13 bits per heavy atom. The first-order valence-electron chi connectivity index (χ1n) is 8.18. The lowest BCUT2D eigenvalue weighted by molar-refractivity contribution is 0.0781. The average molecular weight is 324 g/mol. The van der Waals surface area contributed by atoms with Gasteiger partial charge in [-0.05, 0) is 42.8 Å². The van der Waals surface area contributed by atoms with Gasteiger partial charge in [0.25, 0.3) is 5.91 Å². The van der Waals surface area contributed by atoms with Crippen LogP contribution in [-0.2, 0) is 0 Å². The summed E-state index contributed by atoms with van der Waals surface area (Å²) in [4.78, 5) is 16.2. The van der Waals surface area contributed by atoms with E-state index in [2.05, 4.69) is 53.3 Å². The quantitative estimate of drug-likeness (QED) is 0.694. The number of benzene rings is 1. The standard InChI is InChI=1S/C19H20N2OS/c1-14(15-7-3-2-4-8-15)21-17(13-16-9-12-23-19(16)21)18(22)20-10-5-6-11-20/h2-4,7-9,12-14H,5-6,10-11H2,1H3. The molecule has 0 spiro atoms. The number of hydrogen-bond acceptors (Lipinski definition) is 2. The fourth-order valence-electron chi connectivity index (χ4n) is 3.46. The molecule has 1 aliphatic heterocycles. The number of hydrogen-bond donors (Lipinski definition) is 0. The van der Waals surface area contributed by atoms with Crippen molar-refractivity contribution in [3.8, 4) is 0 Å². The third-order valence-corrected chi connectivity index (χ3v) is 5.65. The SMILES string of the molecule is CC(c1ccccc1)n1c(C(=O)N2CCCC2)cc2ccsc21. The summed E-state index contributed by atoms with van der Waals surface area (Å²) in [5, 5.41) is 3.27. The van der Waals surface area contributed by atoms with Crippen LogP contribution in [-0.4, -0.2) is 28.5 Å². The van der Waals surface area contributed by atoms with Crippen LogP contribution in [0.2, 0.25) is 0 Å². The Kier molecular flexibility index (Phi) is 3.69. The molecule has 3 aromatic rings. The molecule has 1 aliphatic rings. The van der Waals surface area contributed by atoms with Gasteiger partial charge in [0, 0.05) is 18.5 Å². The van der Waals surface area contributed by atoms with Crippen LogP contribution >= 0.6 is 11.3 Å². The van der Waals surface area contributed by atoms with E-state index in [1.807, 2.05) is 11.0 Å². The number of carbonyl (C=O) groups is 1. The molecule has 1 aromatic carbocycles. The van der Waals surface area contributed by atoms with Gasteiger partial charge >= 0.3 is 0 Å². The number of amides is 1. The van der Waals surface area contributed by atoms with Gasteiger partial charge in [0.1, 0.15) is 10.5 Å². The minimum Gasteiger partial charge on any atom is -0.337 e. The molecule has 0 bridgehead atoms. The van der Waals surface area contributed by atoms with Crippen LogP contribution in [0.4, 0.5) is 0 Å². The van der Waals surface area contributed by atoms with Crippen LogP contribution in [0.15, 0.2) is 47.8 Å². The van der Waals surface area contributed by atoms with Crippen molar-refractivity contribution in [2.75, 3.05) is 13.1 Å². The fourth-order valence-corrected chi connectivity index (χ4v) is 4.43. The second-order valence-electron chi connectivity index (χ2n) is 6.17. The Bertz CT molecular complexity index is 828. The number of nitrogens with zero attached hydrogens (tertiary/aromatic N) is 2. The molecule has 3 nitrogen and oxygen atoms in total. The second kappa shape index (κ2) is 5.85. The van der Waals surface area contributed by atoms with Gasteiger partial charge in [0.2, 0.25) is 0 Å². The molecule has 4 heteroatoms. The van der Waals surface area contributed by atoms with Crippen LogP contribution in [0.25, 0.3) is 10.2 Å². The van der Waals surface area contributed by atoms with Gasteiger partial charge in [0.15, 0.2) is 0 Å². The van der Waals surface area contributed by atoms with Crippen molar-refractivity contribution >= 4 is 27.5 Å². The zero-order valence-electron chi connectivity index (χ0n) is 13.2. The molecule has 0 radical (unpaired) electrons. The molecule has 1 fully saturated rings. The van der Waals surface area contributed by atoms with E-state index in [4.69, 9.17) is 0 Å². The van der Waals surface area contributed by atoms with Crippen molar-refractivity contribution in [3.63, 3.8) is 0 Å². The molecular formula is C19H20N2OS. The van der Waals surface area contributed by atoms with Crippen LogP contribution in [0.3, 0.4) is 0 Å². The third kappa shape index (κ3) is 2.47. The largest absolute Gasteiger partial charge is 0.337 e. The summed E-state index contributed by atoms with van der Waals surface area (Å²) in [6.45, 7) is 3.95. The molecule has 2 aromatic heterocycles. The normalized spacial score (nSPS) is 16.1. The Morgan fingerprint density at radius 2 is 1.87 bits per heavy atom. The molecule has 1 amide bonds. The van der Waals surface area contributed by atoms with Gasteiger partial charge in [-0.15, -0.1) is 11.3 Å². The van der Waals surface area contributed by atoms with Crippen LogP contribution < -0.4 is 0 Å². The second-order valence-corrected chi connectivity index (χ2v) is 7.06. The van der Waals surface area contributed by atoms with E-state index in [-0.39, 0.29) is 11.9 Å². The number of fused-ring (bicyclic) bond motifs is 1. The molecule has 1 saturated heterocycles. The van der Waals surface area contributed by atoms with Crippen molar-refractivity contribution < 1.29 is 4.79 Å². The third-order valence-electron chi connectivity index (χ3n) is 4.73. The van der Waals surface area contributed by atoms with E-state index < -0.39 is 0 Å². The smallest absolute Gasteiger partial charge is 0.270 e. The average Bonchev–Trinajstić information content (AvgIpc) is 3.30. The van der Waals surface area contributed by atoms with Gasteiger partial charge < -0.3 is 9.47 Å². The highest BCUT2D eigenvalue weighted by Crippen LogP contribution is 2.32. The molecule has 0 saturated carbocycles. The van der Waals surface area contributed by atoms with E-state index in [9.17, 15) is 4.79 Å². The predicted molar refractivity (Wildman–Crippen MR) is 95.2 cm³/mol. The molecule has 0 N–H and O–H groups in total. The summed E-state index contributed by atoms with van der Waals surface area (Å²) >= 11 is 1.71.